The molecule has 1 saturated heterocycles. The molecular weight excluding hydrogens is 504 g/mol. The molecule has 3 atom stereocenters. The molecule has 1 N–H and O–H groups in total. The second-order valence-electron chi connectivity index (χ2n) is 8.78. The van der Waals surface area contributed by atoms with Gasteiger partial charge in [0.05, 0.1) is 40.1 Å². The average molecular weight is 523 g/mol. The number of alkyl halides is 6. The molecule has 2 unspecified atom stereocenters. The van der Waals surface area contributed by atoms with Crippen LogP contribution in [0.15, 0.2) is 58.2 Å². The van der Waals surface area contributed by atoms with Gasteiger partial charge in [-0.05, 0) is 61.1 Å². The minimum atomic E-state index is -5.08. The van der Waals surface area contributed by atoms with E-state index < -0.39 is 51.4 Å². The summed E-state index contributed by atoms with van der Waals surface area (Å²) < 4.78 is 109. The van der Waals surface area contributed by atoms with Gasteiger partial charge in [-0.3, -0.25) is 0 Å². The zero-order valence-corrected chi connectivity index (χ0v) is 18.6. The lowest BCUT2D eigenvalue weighted by molar-refractivity contribution is -0.410. The standard InChI is InChI=1S/C21H19F6N3O4S/c22-20(23,24)33-13-6-8-14(9-7-13)35(31,32)15-10-30(34-21(25,26)27)17-3-1-2-16-19(17,11-28-29-16)18(15)12-4-5-12/h1-3,6-9,12,15,18,28H,4-5,10-11H2/t15?,18?,19-/m1/s1. The molecule has 7 nitrogen and oxygen atoms in total. The summed E-state index contributed by atoms with van der Waals surface area (Å²) in [5, 5.41) is 3.43. The summed E-state index contributed by atoms with van der Waals surface area (Å²) in [4.78, 5) is 3.95. The monoisotopic (exact) mass is 523 g/mol. The number of hydroxylamine groups is 2. The first-order valence-corrected chi connectivity index (χ1v) is 12.2. The molecule has 5 rings (SSSR count). The molecule has 190 valence electrons. The van der Waals surface area contributed by atoms with Crippen molar-refractivity contribution in [3.8, 4) is 5.75 Å². The molecule has 2 aliphatic heterocycles. The Morgan fingerprint density at radius 1 is 1.06 bits per heavy atom. The Bertz CT molecular complexity index is 1200. The number of rotatable bonds is 5. The molecule has 4 aliphatic rings. The maximum absolute atomic E-state index is 13.8. The van der Waals surface area contributed by atoms with Crippen molar-refractivity contribution in [2.75, 3.05) is 13.1 Å². The maximum atomic E-state index is 13.8. The first-order chi connectivity index (χ1) is 16.3. The number of ether oxygens (including phenoxy) is 1. The van der Waals surface area contributed by atoms with Gasteiger partial charge < -0.3 is 10.2 Å². The molecule has 1 aromatic rings. The van der Waals surface area contributed by atoms with Crippen LogP contribution < -0.4 is 10.2 Å². The van der Waals surface area contributed by atoms with E-state index >= 15 is 0 Å². The Morgan fingerprint density at radius 2 is 1.74 bits per heavy atom. The van der Waals surface area contributed by atoms with Crippen LogP contribution >= 0.6 is 0 Å². The second-order valence-corrected chi connectivity index (χ2v) is 10.9. The van der Waals surface area contributed by atoms with Gasteiger partial charge in [-0.1, -0.05) is 6.08 Å². The lowest BCUT2D eigenvalue weighted by Gasteiger charge is -2.52. The van der Waals surface area contributed by atoms with Crippen LogP contribution in [0.25, 0.3) is 0 Å². The van der Waals surface area contributed by atoms with Crippen LogP contribution in [-0.4, -0.2) is 50.3 Å². The van der Waals surface area contributed by atoms with E-state index in [0.717, 1.165) is 24.3 Å². The van der Waals surface area contributed by atoms with Gasteiger partial charge in [0.15, 0.2) is 9.84 Å². The molecule has 0 bridgehead atoms. The van der Waals surface area contributed by atoms with Crippen molar-refractivity contribution in [2.45, 2.75) is 35.7 Å². The Hall–Kier alpha value is -2.74. The fourth-order valence-electron chi connectivity index (χ4n) is 5.35. The summed E-state index contributed by atoms with van der Waals surface area (Å²) in [7, 11) is -4.32. The molecular formula is C21H19F6N3O4S. The molecule has 0 radical (unpaired) electrons. The molecule has 1 saturated carbocycles. The van der Waals surface area contributed by atoms with Gasteiger partial charge >= 0.3 is 12.7 Å². The zero-order valence-electron chi connectivity index (χ0n) is 17.8. The number of allylic oxidation sites excluding steroid dienone is 3. The first-order valence-electron chi connectivity index (χ1n) is 10.6. The molecule has 14 heteroatoms. The summed E-state index contributed by atoms with van der Waals surface area (Å²) in [6, 6.07) is 3.63. The summed E-state index contributed by atoms with van der Waals surface area (Å²) in [5.41, 5.74) is 2.21. The summed E-state index contributed by atoms with van der Waals surface area (Å²) in [6.45, 7) is -0.527. The molecule has 0 aromatic heterocycles. The maximum Gasteiger partial charge on any atom is 0.573 e. The largest absolute Gasteiger partial charge is 0.573 e. The van der Waals surface area contributed by atoms with Gasteiger partial charge in [-0.15, -0.1) is 26.3 Å². The van der Waals surface area contributed by atoms with Gasteiger partial charge in [0.25, 0.3) is 0 Å². The molecule has 2 aliphatic carbocycles. The number of piperidine rings is 1. The van der Waals surface area contributed by atoms with Crippen molar-refractivity contribution in [1.82, 2.24) is 10.5 Å². The van der Waals surface area contributed by atoms with E-state index in [1.807, 2.05) is 0 Å². The van der Waals surface area contributed by atoms with Crippen molar-refractivity contribution < 1.29 is 44.3 Å². The van der Waals surface area contributed by atoms with Crippen molar-refractivity contribution >= 4 is 15.5 Å². The third-order valence-electron chi connectivity index (χ3n) is 6.69. The van der Waals surface area contributed by atoms with Gasteiger partial charge in [0.2, 0.25) is 0 Å². The van der Waals surface area contributed by atoms with Crippen molar-refractivity contribution in [2.24, 2.45) is 22.4 Å². The first kappa shape index (κ1) is 24.0. The number of benzene rings is 1. The molecule has 2 heterocycles. The van der Waals surface area contributed by atoms with Crippen molar-refractivity contribution in [1.29, 1.82) is 0 Å². The Morgan fingerprint density at radius 3 is 2.34 bits per heavy atom. The third-order valence-corrected chi connectivity index (χ3v) is 8.86. The molecule has 35 heavy (non-hydrogen) atoms. The van der Waals surface area contributed by atoms with E-state index in [4.69, 9.17) is 0 Å². The van der Waals surface area contributed by atoms with Crippen LogP contribution in [-0.2, 0) is 14.7 Å². The number of hydrazone groups is 1. The predicted molar refractivity (Wildman–Crippen MR) is 109 cm³/mol. The smallest absolute Gasteiger partial charge is 0.406 e. The van der Waals surface area contributed by atoms with Gasteiger partial charge in [-0.25, -0.2) is 13.5 Å². The third kappa shape index (κ3) is 4.26. The van der Waals surface area contributed by atoms with E-state index in [9.17, 15) is 34.8 Å². The van der Waals surface area contributed by atoms with Crippen LogP contribution in [0.1, 0.15) is 12.8 Å². The summed E-state index contributed by atoms with van der Waals surface area (Å²) in [5.74, 6) is -1.33. The Labute approximate surface area is 195 Å². The van der Waals surface area contributed by atoms with Crippen molar-refractivity contribution in [3.63, 3.8) is 0 Å². The number of nitrogens with zero attached hydrogens (tertiary/aromatic N) is 2. The van der Waals surface area contributed by atoms with E-state index in [1.54, 1.807) is 6.08 Å². The van der Waals surface area contributed by atoms with Crippen molar-refractivity contribution in [3.05, 3.63) is 48.2 Å². The highest BCUT2D eigenvalue weighted by Gasteiger charge is 2.64. The van der Waals surface area contributed by atoms with Crippen LogP contribution in [0.5, 0.6) is 5.75 Å². The summed E-state index contributed by atoms with van der Waals surface area (Å²) >= 11 is 0. The molecule has 1 spiro atoms. The Balaban J connectivity index is 1.58. The van der Waals surface area contributed by atoms with E-state index in [1.165, 1.54) is 12.2 Å². The predicted octanol–water partition coefficient (Wildman–Crippen LogP) is 3.92. The minimum Gasteiger partial charge on any atom is -0.406 e. The van der Waals surface area contributed by atoms with Crippen LogP contribution in [0.3, 0.4) is 0 Å². The number of hydrogen-bond acceptors (Lipinski definition) is 7. The van der Waals surface area contributed by atoms with Gasteiger partial charge in [0.1, 0.15) is 5.75 Å². The highest BCUT2D eigenvalue weighted by Crippen LogP contribution is 2.58. The zero-order chi connectivity index (χ0) is 25.2. The van der Waals surface area contributed by atoms with Crippen LogP contribution in [0.4, 0.5) is 26.3 Å². The minimum absolute atomic E-state index is 0.0851. The fourth-order valence-corrected chi connectivity index (χ4v) is 7.39. The SMILES string of the molecule is O=S(=O)(c1ccc(OC(F)(F)F)cc1)C1CN(OC(F)(F)F)C2=CC=CC3=NNC[C@]23C1C1CC1. The second kappa shape index (κ2) is 7.88. The molecule has 2 fully saturated rings. The fraction of sp³-hybridized carbons (Fsp3) is 0.476. The number of hydrogen-bond donors (Lipinski definition) is 1. The number of halogens is 6. The summed E-state index contributed by atoms with van der Waals surface area (Å²) in [6.07, 6.45) is -4.02. The van der Waals surface area contributed by atoms with E-state index in [0.29, 0.717) is 23.6 Å². The quantitative estimate of drug-likeness (QED) is 0.590. The average Bonchev–Trinajstić information content (AvgIpc) is 3.48. The normalized spacial score (nSPS) is 28.6. The topological polar surface area (TPSA) is 80.2 Å². The van der Waals surface area contributed by atoms with E-state index in [2.05, 4.69) is 20.1 Å². The van der Waals surface area contributed by atoms with Gasteiger partial charge in [0, 0.05) is 0 Å². The number of sulfone groups is 1. The highest BCUT2D eigenvalue weighted by molar-refractivity contribution is 7.92. The lowest BCUT2D eigenvalue weighted by Crippen LogP contribution is -2.61. The molecule has 1 aromatic carbocycles. The van der Waals surface area contributed by atoms with Crippen LogP contribution in [0, 0.1) is 17.3 Å². The van der Waals surface area contributed by atoms with Crippen LogP contribution in [0.2, 0.25) is 0 Å². The van der Waals surface area contributed by atoms with Gasteiger partial charge in [-0.2, -0.15) is 9.94 Å². The Kier molecular flexibility index (Phi) is 5.40. The van der Waals surface area contributed by atoms with E-state index in [-0.39, 0.29) is 23.1 Å². The highest BCUT2D eigenvalue weighted by atomic mass is 32.2. The lowest BCUT2D eigenvalue weighted by atomic mass is 9.62. The molecule has 0 amide bonds. The number of nitrogens with one attached hydrogen (secondary N) is 1.